The molecule has 1 fully saturated rings. The van der Waals surface area contributed by atoms with E-state index in [1.54, 1.807) is 0 Å². The van der Waals surface area contributed by atoms with Crippen molar-refractivity contribution in [2.45, 2.75) is 64.2 Å². The molecule has 120 valence electrons. The van der Waals surface area contributed by atoms with Gasteiger partial charge in [-0.3, -0.25) is 4.55 Å². The van der Waals surface area contributed by atoms with E-state index in [9.17, 15) is 8.42 Å². The van der Waals surface area contributed by atoms with Crippen molar-refractivity contribution in [3.63, 3.8) is 0 Å². The molecule has 1 N–H and O–H groups in total. The predicted molar refractivity (Wildman–Crippen MR) is 86.6 cm³/mol. The van der Waals surface area contributed by atoms with Gasteiger partial charge in [0.15, 0.2) is 0 Å². The molecule has 0 aliphatic carbocycles. The number of unbranched alkanes of at least 4 members (excludes halogenated alkanes) is 7. The van der Waals surface area contributed by atoms with Crippen LogP contribution in [0.5, 0.6) is 0 Å². The predicted octanol–water partition coefficient (Wildman–Crippen LogP) is 3.74. The number of hydrogen-bond acceptors (Lipinski definition) is 4. The molecule has 0 amide bonds. The van der Waals surface area contributed by atoms with Gasteiger partial charge in [0.25, 0.3) is 0 Å². The minimum Gasteiger partial charge on any atom is -0.303 e. The van der Waals surface area contributed by atoms with Gasteiger partial charge in [-0.1, -0.05) is 38.5 Å². The maximum atomic E-state index is 10.5. The van der Waals surface area contributed by atoms with Crippen LogP contribution in [0, 0.1) is 0 Å². The van der Waals surface area contributed by atoms with Gasteiger partial charge in [-0.25, -0.2) is 0 Å². The molecular formula is C14H29NO3S2. The number of rotatable bonds is 12. The summed E-state index contributed by atoms with van der Waals surface area (Å²) in [6, 6.07) is 0. The molecule has 0 spiro atoms. The Bertz CT molecular complexity index is 327. The molecule has 0 radical (unpaired) electrons. The lowest BCUT2D eigenvalue weighted by Crippen LogP contribution is -2.20. The standard InChI is InChI=1S/C14H29NO3S2/c16-20(17,18)19-14-10-6-4-2-1-3-5-7-11-15-12-8-9-13-15/h1-14H2,(H,16,17,18). The fourth-order valence-electron chi connectivity index (χ4n) is 2.67. The zero-order valence-electron chi connectivity index (χ0n) is 12.4. The Kier molecular flexibility index (Phi) is 9.94. The molecule has 0 saturated carbocycles. The van der Waals surface area contributed by atoms with Crippen molar-refractivity contribution in [3.05, 3.63) is 0 Å². The van der Waals surface area contributed by atoms with Gasteiger partial charge in [-0.2, -0.15) is 8.42 Å². The SMILES string of the molecule is O=S(=O)(O)SCCCCCCCCCCN1CCCC1. The molecule has 0 bridgehead atoms. The summed E-state index contributed by atoms with van der Waals surface area (Å²) < 4.78 is 29.5. The van der Waals surface area contributed by atoms with E-state index in [-0.39, 0.29) is 0 Å². The van der Waals surface area contributed by atoms with Gasteiger partial charge in [0, 0.05) is 5.75 Å². The largest absolute Gasteiger partial charge is 0.319 e. The Hall–Kier alpha value is 0.220. The van der Waals surface area contributed by atoms with Crippen LogP contribution < -0.4 is 0 Å². The van der Waals surface area contributed by atoms with E-state index in [0.717, 1.165) is 12.8 Å². The molecule has 0 atom stereocenters. The second kappa shape index (κ2) is 10.9. The molecule has 4 nitrogen and oxygen atoms in total. The van der Waals surface area contributed by atoms with Crippen molar-refractivity contribution < 1.29 is 13.0 Å². The Morgan fingerprint density at radius 3 is 1.90 bits per heavy atom. The maximum Gasteiger partial charge on any atom is 0.319 e. The summed E-state index contributed by atoms with van der Waals surface area (Å²) >= 11 is 0. The first-order chi connectivity index (χ1) is 9.58. The molecule has 1 heterocycles. The molecule has 1 aliphatic rings. The van der Waals surface area contributed by atoms with Crippen molar-refractivity contribution in [1.29, 1.82) is 0 Å². The minimum atomic E-state index is -3.83. The number of likely N-dealkylation sites (tertiary alicyclic amines) is 1. The van der Waals surface area contributed by atoms with Gasteiger partial charge in [0.1, 0.15) is 0 Å². The zero-order chi connectivity index (χ0) is 14.7. The average Bonchev–Trinajstić information content (AvgIpc) is 2.87. The van der Waals surface area contributed by atoms with Crippen molar-refractivity contribution in [1.82, 2.24) is 4.90 Å². The first kappa shape index (κ1) is 18.3. The molecule has 0 aromatic carbocycles. The average molecular weight is 324 g/mol. The lowest BCUT2D eigenvalue weighted by atomic mass is 10.1. The van der Waals surface area contributed by atoms with E-state index < -0.39 is 9.15 Å². The number of hydrogen-bond donors (Lipinski definition) is 1. The highest BCUT2D eigenvalue weighted by Gasteiger charge is 2.09. The highest BCUT2D eigenvalue weighted by molar-refractivity contribution is 8.69. The van der Waals surface area contributed by atoms with Crippen molar-refractivity contribution >= 4 is 19.9 Å². The molecule has 0 unspecified atom stereocenters. The molecule has 0 aromatic rings. The van der Waals surface area contributed by atoms with Crippen LogP contribution in [0.2, 0.25) is 0 Å². The summed E-state index contributed by atoms with van der Waals surface area (Å²) in [5, 5.41) is 0. The summed E-state index contributed by atoms with van der Waals surface area (Å²) in [4.78, 5) is 2.58. The minimum absolute atomic E-state index is 0.509. The van der Waals surface area contributed by atoms with E-state index >= 15 is 0 Å². The second-order valence-corrected chi connectivity index (χ2v) is 9.10. The van der Waals surface area contributed by atoms with E-state index in [1.165, 1.54) is 71.0 Å². The number of nitrogens with zero attached hydrogens (tertiary/aromatic N) is 1. The van der Waals surface area contributed by atoms with E-state index in [4.69, 9.17) is 4.55 Å². The fraction of sp³-hybridized carbons (Fsp3) is 1.00. The molecule has 1 rings (SSSR count). The zero-order valence-corrected chi connectivity index (χ0v) is 14.1. The molecule has 1 aliphatic heterocycles. The van der Waals surface area contributed by atoms with Crippen LogP contribution in [-0.4, -0.2) is 43.3 Å². The van der Waals surface area contributed by atoms with Gasteiger partial charge >= 0.3 is 9.15 Å². The second-order valence-electron chi connectivity index (χ2n) is 5.63. The van der Waals surface area contributed by atoms with Gasteiger partial charge in [0.2, 0.25) is 0 Å². The monoisotopic (exact) mass is 323 g/mol. The summed E-state index contributed by atoms with van der Waals surface area (Å²) in [5.41, 5.74) is 0. The van der Waals surface area contributed by atoms with Crippen LogP contribution in [0.25, 0.3) is 0 Å². The van der Waals surface area contributed by atoms with E-state index in [0.29, 0.717) is 16.5 Å². The lowest BCUT2D eigenvalue weighted by molar-refractivity contribution is 0.327. The van der Waals surface area contributed by atoms with Crippen LogP contribution in [-0.2, 0) is 9.15 Å². The van der Waals surface area contributed by atoms with Crippen LogP contribution in [0.15, 0.2) is 0 Å². The lowest BCUT2D eigenvalue weighted by Gasteiger charge is -2.13. The van der Waals surface area contributed by atoms with Crippen LogP contribution in [0.3, 0.4) is 0 Å². The van der Waals surface area contributed by atoms with Crippen LogP contribution in [0.1, 0.15) is 64.2 Å². The first-order valence-corrected chi connectivity index (χ1v) is 10.9. The molecule has 0 aromatic heterocycles. The molecule has 1 saturated heterocycles. The first-order valence-electron chi connectivity index (χ1n) is 7.92. The smallest absolute Gasteiger partial charge is 0.303 e. The Labute approximate surface area is 127 Å². The quantitative estimate of drug-likeness (QED) is 0.337. The summed E-state index contributed by atoms with van der Waals surface area (Å²) in [6.07, 6.45) is 12.4. The fourth-order valence-corrected chi connectivity index (χ4v) is 4.19. The van der Waals surface area contributed by atoms with Gasteiger partial charge in [-0.05, 0) is 56.1 Å². The van der Waals surface area contributed by atoms with Gasteiger partial charge in [-0.15, -0.1) is 0 Å². The van der Waals surface area contributed by atoms with Crippen LogP contribution in [0.4, 0.5) is 0 Å². The normalized spacial score (nSPS) is 16.9. The van der Waals surface area contributed by atoms with E-state index in [2.05, 4.69) is 4.90 Å². The van der Waals surface area contributed by atoms with Crippen molar-refractivity contribution in [2.24, 2.45) is 0 Å². The van der Waals surface area contributed by atoms with Crippen molar-refractivity contribution in [3.8, 4) is 0 Å². The Balaban J connectivity index is 1.74. The van der Waals surface area contributed by atoms with E-state index in [1.807, 2.05) is 0 Å². The molecule has 6 heteroatoms. The molecule has 20 heavy (non-hydrogen) atoms. The third-order valence-corrected chi connectivity index (χ3v) is 5.95. The Morgan fingerprint density at radius 2 is 1.35 bits per heavy atom. The maximum absolute atomic E-state index is 10.5. The highest BCUT2D eigenvalue weighted by Crippen LogP contribution is 2.15. The summed E-state index contributed by atoms with van der Waals surface area (Å²) in [6.45, 7) is 3.90. The third-order valence-electron chi connectivity index (χ3n) is 3.80. The van der Waals surface area contributed by atoms with Crippen LogP contribution >= 0.6 is 10.8 Å². The third kappa shape index (κ3) is 10.9. The summed E-state index contributed by atoms with van der Waals surface area (Å²) in [7, 11) is -3.18. The highest BCUT2D eigenvalue weighted by atomic mass is 33.1. The topological polar surface area (TPSA) is 57.6 Å². The van der Waals surface area contributed by atoms with Gasteiger partial charge < -0.3 is 4.90 Å². The summed E-state index contributed by atoms with van der Waals surface area (Å²) in [5.74, 6) is 0.509. The molecular weight excluding hydrogens is 294 g/mol. The van der Waals surface area contributed by atoms with Gasteiger partial charge in [0.05, 0.1) is 0 Å². The Morgan fingerprint density at radius 1 is 0.850 bits per heavy atom. The van der Waals surface area contributed by atoms with Crippen molar-refractivity contribution in [2.75, 3.05) is 25.4 Å².